The van der Waals surface area contributed by atoms with Gasteiger partial charge in [0.25, 0.3) is 11.8 Å². The van der Waals surface area contributed by atoms with E-state index in [0.29, 0.717) is 5.56 Å². The monoisotopic (exact) mass is 410 g/mol. The quantitative estimate of drug-likeness (QED) is 0.478. The Kier molecular flexibility index (Phi) is 6.16. The van der Waals surface area contributed by atoms with E-state index < -0.39 is 42.2 Å². The summed E-state index contributed by atoms with van der Waals surface area (Å²) in [6.07, 6.45) is 2.87. The Morgan fingerprint density at radius 1 is 1.03 bits per heavy atom. The number of nitrogens with zero attached hydrogens (tertiary/aromatic N) is 2. The van der Waals surface area contributed by atoms with E-state index in [2.05, 4.69) is 20.4 Å². The zero-order valence-corrected chi connectivity index (χ0v) is 16.0. The first-order valence-corrected chi connectivity index (χ1v) is 8.91. The van der Waals surface area contributed by atoms with Crippen molar-refractivity contribution in [2.75, 3.05) is 20.2 Å². The number of carbonyl (C=O) groups is 5. The summed E-state index contributed by atoms with van der Waals surface area (Å²) in [6, 6.07) is 8.13. The Balaban J connectivity index is 1.72. The minimum atomic E-state index is -1.17. The lowest BCUT2D eigenvalue weighted by molar-refractivity contribution is -0.141. The normalized spacial score (nSPS) is 13.4. The molecule has 1 aromatic carbocycles. The van der Waals surface area contributed by atoms with Crippen molar-refractivity contribution >= 4 is 29.6 Å². The van der Waals surface area contributed by atoms with Crippen LogP contribution in [0.4, 0.5) is 0 Å². The fraction of sp³-hybridized carbons (Fsp3) is 0.200. The van der Waals surface area contributed by atoms with Crippen LogP contribution < -0.4 is 10.6 Å². The summed E-state index contributed by atoms with van der Waals surface area (Å²) in [5.41, 5.74) is 0.844. The van der Waals surface area contributed by atoms with Crippen molar-refractivity contribution in [3.63, 3.8) is 0 Å². The largest absolute Gasteiger partial charge is 0.468 e. The molecule has 2 heterocycles. The summed E-state index contributed by atoms with van der Waals surface area (Å²) in [4.78, 5) is 66.0. The highest BCUT2D eigenvalue weighted by Crippen LogP contribution is 2.22. The SMILES string of the molecule is COC(=O)CNC(=O)[C@@H](NC(=O)CN1C(=O)c2ccccc2C1=O)c1ccncc1. The van der Waals surface area contributed by atoms with Crippen molar-refractivity contribution < 1.29 is 28.7 Å². The minimum Gasteiger partial charge on any atom is -0.468 e. The molecule has 1 atom stereocenters. The number of hydrogen-bond donors (Lipinski definition) is 2. The van der Waals surface area contributed by atoms with Gasteiger partial charge in [-0.1, -0.05) is 12.1 Å². The molecular weight excluding hydrogens is 392 g/mol. The van der Waals surface area contributed by atoms with Gasteiger partial charge in [0.15, 0.2) is 0 Å². The Hall–Kier alpha value is -4.08. The van der Waals surface area contributed by atoms with Crippen molar-refractivity contribution in [3.05, 3.63) is 65.5 Å². The maximum absolute atomic E-state index is 12.6. The van der Waals surface area contributed by atoms with Crippen molar-refractivity contribution in [2.24, 2.45) is 0 Å². The Bertz CT molecular complexity index is 972. The number of amides is 4. The van der Waals surface area contributed by atoms with Crippen LogP contribution in [0.25, 0.3) is 0 Å². The van der Waals surface area contributed by atoms with E-state index in [0.717, 1.165) is 4.90 Å². The summed E-state index contributed by atoms with van der Waals surface area (Å²) in [6.45, 7) is -0.941. The summed E-state index contributed by atoms with van der Waals surface area (Å²) < 4.78 is 4.48. The number of aromatic nitrogens is 1. The van der Waals surface area contributed by atoms with Crippen LogP contribution in [0.2, 0.25) is 0 Å². The summed E-state index contributed by atoms with van der Waals surface area (Å²) in [7, 11) is 1.18. The van der Waals surface area contributed by atoms with Gasteiger partial charge in [-0.2, -0.15) is 0 Å². The van der Waals surface area contributed by atoms with Crippen molar-refractivity contribution in [2.45, 2.75) is 6.04 Å². The lowest BCUT2D eigenvalue weighted by Gasteiger charge is -2.20. The van der Waals surface area contributed by atoms with Gasteiger partial charge in [0.2, 0.25) is 11.8 Å². The molecule has 1 aromatic heterocycles. The predicted molar refractivity (Wildman–Crippen MR) is 102 cm³/mol. The first kappa shape index (κ1) is 20.6. The van der Waals surface area contributed by atoms with E-state index in [9.17, 15) is 24.0 Å². The van der Waals surface area contributed by atoms with E-state index in [1.165, 1.54) is 43.8 Å². The lowest BCUT2D eigenvalue weighted by Crippen LogP contribution is -2.46. The highest BCUT2D eigenvalue weighted by Gasteiger charge is 2.37. The van der Waals surface area contributed by atoms with Crippen LogP contribution in [0.3, 0.4) is 0 Å². The fourth-order valence-electron chi connectivity index (χ4n) is 2.92. The molecule has 2 N–H and O–H groups in total. The minimum absolute atomic E-state index is 0.219. The summed E-state index contributed by atoms with van der Waals surface area (Å²) in [5.74, 6) is -3.21. The van der Waals surface area contributed by atoms with Crippen molar-refractivity contribution in [1.29, 1.82) is 0 Å². The second-order valence-electron chi connectivity index (χ2n) is 6.32. The standard InChI is InChI=1S/C20H18N4O6/c1-30-16(26)10-22-18(27)17(12-6-8-21-9-7-12)23-15(25)11-24-19(28)13-4-2-3-5-14(13)20(24)29/h2-9,17H,10-11H2,1H3,(H,22,27)(H,23,25)/t17-/m0/s1. The van der Waals surface area contributed by atoms with Gasteiger partial charge >= 0.3 is 5.97 Å². The van der Waals surface area contributed by atoms with E-state index in [4.69, 9.17) is 0 Å². The maximum Gasteiger partial charge on any atom is 0.325 e. The third kappa shape index (κ3) is 4.32. The topological polar surface area (TPSA) is 135 Å². The molecule has 0 fully saturated rings. The number of rotatable bonds is 7. The molecule has 0 bridgehead atoms. The van der Waals surface area contributed by atoms with Gasteiger partial charge in [0.05, 0.1) is 18.2 Å². The summed E-state index contributed by atoms with van der Waals surface area (Å²) >= 11 is 0. The fourth-order valence-corrected chi connectivity index (χ4v) is 2.92. The highest BCUT2D eigenvalue weighted by molar-refractivity contribution is 6.22. The maximum atomic E-state index is 12.6. The average molecular weight is 410 g/mol. The van der Waals surface area contributed by atoms with Crippen LogP contribution in [0, 0.1) is 0 Å². The van der Waals surface area contributed by atoms with Gasteiger partial charge in [-0.05, 0) is 29.8 Å². The molecule has 0 saturated carbocycles. The third-order valence-corrected chi connectivity index (χ3v) is 4.42. The number of imide groups is 1. The van der Waals surface area contributed by atoms with Gasteiger partial charge in [-0.25, -0.2) is 0 Å². The molecule has 4 amide bonds. The molecule has 10 heteroatoms. The van der Waals surface area contributed by atoms with Crippen LogP contribution in [0.1, 0.15) is 32.3 Å². The molecule has 30 heavy (non-hydrogen) atoms. The second kappa shape index (κ2) is 8.95. The van der Waals surface area contributed by atoms with Crippen LogP contribution in [-0.4, -0.2) is 59.7 Å². The molecule has 1 aliphatic heterocycles. The number of fused-ring (bicyclic) bond motifs is 1. The number of carbonyl (C=O) groups excluding carboxylic acids is 5. The Labute approximate surface area is 171 Å². The lowest BCUT2D eigenvalue weighted by atomic mass is 10.1. The first-order valence-electron chi connectivity index (χ1n) is 8.91. The Morgan fingerprint density at radius 3 is 2.20 bits per heavy atom. The molecule has 1 aliphatic rings. The van der Waals surface area contributed by atoms with Crippen LogP contribution >= 0.6 is 0 Å². The zero-order valence-electron chi connectivity index (χ0n) is 16.0. The molecule has 154 valence electrons. The van der Waals surface area contributed by atoms with Gasteiger partial charge in [-0.3, -0.25) is 33.9 Å². The highest BCUT2D eigenvalue weighted by atomic mass is 16.5. The van der Waals surface area contributed by atoms with Crippen LogP contribution in [0.15, 0.2) is 48.8 Å². The number of esters is 1. The molecule has 0 aliphatic carbocycles. The molecule has 3 rings (SSSR count). The van der Waals surface area contributed by atoms with E-state index in [1.807, 2.05) is 0 Å². The van der Waals surface area contributed by atoms with Gasteiger partial charge in [0, 0.05) is 12.4 Å². The smallest absolute Gasteiger partial charge is 0.325 e. The number of pyridine rings is 1. The molecular formula is C20H18N4O6. The van der Waals surface area contributed by atoms with E-state index in [-0.39, 0.29) is 17.7 Å². The third-order valence-electron chi connectivity index (χ3n) is 4.42. The molecule has 0 saturated heterocycles. The first-order chi connectivity index (χ1) is 14.4. The van der Waals surface area contributed by atoms with Crippen LogP contribution in [-0.2, 0) is 19.1 Å². The number of methoxy groups -OCH3 is 1. The molecule has 0 radical (unpaired) electrons. The number of ether oxygens (including phenoxy) is 1. The zero-order chi connectivity index (χ0) is 21.7. The van der Waals surface area contributed by atoms with Gasteiger partial charge in [-0.15, -0.1) is 0 Å². The van der Waals surface area contributed by atoms with Crippen molar-refractivity contribution in [3.8, 4) is 0 Å². The number of nitrogens with one attached hydrogen (secondary N) is 2. The molecule has 0 spiro atoms. The Morgan fingerprint density at radius 2 is 1.63 bits per heavy atom. The van der Waals surface area contributed by atoms with E-state index >= 15 is 0 Å². The predicted octanol–water partition coefficient (Wildman–Crippen LogP) is -0.176. The second-order valence-corrected chi connectivity index (χ2v) is 6.32. The van der Waals surface area contributed by atoms with Gasteiger partial charge < -0.3 is 15.4 Å². The molecule has 2 aromatic rings. The van der Waals surface area contributed by atoms with Gasteiger partial charge in [0.1, 0.15) is 19.1 Å². The molecule has 10 nitrogen and oxygen atoms in total. The van der Waals surface area contributed by atoms with Crippen LogP contribution in [0.5, 0.6) is 0 Å². The van der Waals surface area contributed by atoms with E-state index in [1.54, 1.807) is 12.1 Å². The molecule has 0 unspecified atom stereocenters. The van der Waals surface area contributed by atoms with Crippen molar-refractivity contribution in [1.82, 2.24) is 20.5 Å². The average Bonchev–Trinajstić information content (AvgIpc) is 3.01. The number of hydrogen-bond acceptors (Lipinski definition) is 7. The number of benzene rings is 1. The summed E-state index contributed by atoms with van der Waals surface area (Å²) in [5, 5.41) is 4.86.